The van der Waals surface area contributed by atoms with Crippen molar-refractivity contribution in [1.82, 2.24) is 0 Å². The summed E-state index contributed by atoms with van der Waals surface area (Å²) in [5.74, 6) is -1.43. The van der Waals surface area contributed by atoms with E-state index in [0.717, 1.165) is 12.0 Å². The molecule has 0 radical (unpaired) electrons. The number of allylic oxidation sites excluding steroid dienone is 1. The summed E-state index contributed by atoms with van der Waals surface area (Å²) in [5.41, 5.74) is 1.75. The van der Waals surface area contributed by atoms with E-state index in [-0.39, 0.29) is 24.1 Å². The highest BCUT2D eigenvalue weighted by Gasteiger charge is 2.13. The van der Waals surface area contributed by atoms with Crippen LogP contribution in [-0.2, 0) is 14.3 Å². The lowest BCUT2D eigenvalue weighted by Crippen LogP contribution is -2.11. The topological polar surface area (TPSA) is 63.6 Å². The Kier molecular flexibility index (Phi) is 7.81. The third-order valence-electron chi connectivity index (χ3n) is 3.52. The smallest absolute Gasteiger partial charge is 0.333 e. The van der Waals surface area contributed by atoms with Crippen molar-refractivity contribution in [3.8, 4) is 0 Å². The molecule has 0 amide bonds. The van der Waals surface area contributed by atoms with E-state index in [1.54, 1.807) is 13.0 Å². The van der Waals surface area contributed by atoms with Crippen LogP contribution in [0.15, 0.2) is 54.1 Å². The zero-order valence-electron chi connectivity index (χ0n) is 13.7. The van der Waals surface area contributed by atoms with Gasteiger partial charge in [0, 0.05) is 17.1 Å². The highest BCUT2D eigenvalue weighted by molar-refractivity contribution is 5.87. The maximum Gasteiger partial charge on any atom is 0.333 e. The van der Waals surface area contributed by atoms with Gasteiger partial charge in [-0.2, -0.15) is 0 Å². The molecule has 0 aromatic heterocycles. The fourth-order valence-corrected chi connectivity index (χ4v) is 2.20. The van der Waals surface area contributed by atoms with Gasteiger partial charge < -0.3 is 9.84 Å². The summed E-state index contributed by atoms with van der Waals surface area (Å²) in [6.45, 7) is 7.47. The molecule has 1 N–H and O–H groups in total. The molecule has 23 heavy (non-hydrogen) atoms. The summed E-state index contributed by atoms with van der Waals surface area (Å²) in [5, 5.41) is 9.06. The number of rotatable bonds is 9. The van der Waals surface area contributed by atoms with Crippen molar-refractivity contribution >= 4 is 11.9 Å². The minimum Gasteiger partial charge on any atom is -0.478 e. The lowest BCUT2D eigenvalue weighted by atomic mass is 9.94. The lowest BCUT2D eigenvalue weighted by Gasteiger charge is -2.15. The Balaban J connectivity index is 2.72. The summed E-state index contributed by atoms with van der Waals surface area (Å²) in [4.78, 5) is 22.8. The second-order valence-corrected chi connectivity index (χ2v) is 5.45. The van der Waals surface area contributed by atoms with Crippen LogP contribution in [0.25, 0.3) is 0 Å². The van der Waals surface area contributed by atoms with Crippen LogP contribution < -0.4 is 0 Å². The molecule has 1 unspecified atom stereocenters. The number of ether oxygens (including phenoxy) is 1. The molecule has 0 heterocycles. The highest BCUT2D eigenvalue weighted by Crippen LogP contribution is 2.23. The zero-order chi connectivity index (χ0) is 17.2. The van der Waals surface area contributed by atoms with Gasteiger partial charge in [0.1, 0.15) is 0 Å². The first kappa shape index (κ1) is 18.7. The molecule has 0 aliphatic heterocycles. The third-order valence-corrected chi connectivity index (χ3v) is 3.52. The number of hydrogen-bond acceptors (Lipinski definition) is 3. The molecule has 4 nitrogen and oxygen atoms in total. The van der Waals surface area contributed by atoms with Crippen molar-refractivity contribution in [3.05, 3.63) is 59.7 Å². The van der Waals surface area contributed by atoms with E-state index >= 15 is 0 Å². The Morgan fingerprint density at radius 3 is 2.52 bits per heavy atom. The van der Waals surface area contributed by atoms with Gasteiger partial charge in [-0.1, -0.05) is 56.3 Å². The van der Waals surface area contributed by atoms with E-state index in [2.05, 4.69) is 6.58 Å². The van der Waals surface area contributed by atoms with Gasteiger partial charge in [-0.25, -0.2) is 9.59 Å². The first-order valence-electron chi connectivity index (χ1n) is 7.77. The Labute approximate surface area is 137 Å². The minimum absolute atomic E-state index is 0.112. The minimum atomic E-state index is -0.945. The lowest BCUT2D eigenvalue weighted by molar-refractivity contribution is -0.139. The Hall–Kier alpha value is -2.36. The molecular weight excluding hydrogens is 292 g/mol. The van der Waals surface area contributed by atoms with Crippen molar-refractivity contribution in [1.29, 1.82) is 0 Å². The van der Waals surface area contributed by atoms with Crippen molar-refractivity contribution in [2.45, 2.75) is 39.0 Å². The molecule has 0 bridgehead atoms. The number of aliphatic carboxylic acids is 1. The maximum absolute atomic E-state index is 11.8. The Morgan fingerprint density at radius 1 is 1.30 bits per heavy atom. The number of hydrogen-bond donors (Lipinski definition) is 1. The van der Waals surface area contributed by atoms with Crippen LogP contribution in [0.1, 0.15) is 44.6 Å². The molecule has 0 saturated heterocycles. The summed E-state index contributed by atoms with van der Waals surface area (Å²) < 4.78 is 5.24. The van der Waals surface area contributed by atoms with Gasteiger partial charge in [0.05, 0.1) is 6.61 Å². The van der Waals surface area contributed by atoms with Crippen LogP contribution in [0, 0.1) is 0 Å². The average molecular weight is 316 g/mol. The van der Waals surface area contributed by atoms with Crippen molar-refractivity contribution in [3.63, 3.8) is 0 Å². The van der Waals surface area contributed by atoms with Crippen LogP contribution in [0.5, 0.6) is 0 Å². The quantitative estimate of drug-likeness (QED) is 0.550. The molecule has 124 valence electrons. The van der Waals surface area contributed by atoms with Crippen molar-refractivity contribution in [2.24, 2.45) is 0 Å². The van der Waals surface area contributed by atoms with Gasteiger partial charge in [0.15, 0.2) is 0 Å². The maximum atomic E-state index is 11.8. The molecule has 4 heteroatoms. The van der Waals surface area contributed by atoms with E-state index in [0.29, 0.717) is 18.4 Å². The van der Waals surface area contributed by atoms with E-state index in [1.807, 2.05) is 37.3 Å². The highest BCUT2D eigenvalue weighted by atomic mass is 16.5. The largest absolute Gasteiger partial charge is 0.478 e. The second kappa shape index (κ2) is 9.62. The average Bonchev–Trinajstić information content (AvgIpc) is 2.54. The first-order chi connectivity index (χ1) is 11.0. The fraction of sp³-hybridized carbons (Fsp3) is 0.368. The van der Waals surface area contributed by atoms with Crippen molar-refractivity contribution < 1.29 is 19.4 Å². The summed E-state index contributed by atoms with van der Waals surface area (Å²) in [6, 6.07) is 9.59. The molecule has 1 aromatic rings. The molecule has 1 aromatic carbocycles. The van der Waals surface area contributed by atoms with Gasteiger partial charge in [0.25, 0.3) is 0 Å². The molecule has 1 rings (SSSR count). The van der Waals surface area contributed by atoms with Crippen LogP contribution in [-0.4, -0.2) is 23.7 Å². The van der Waals surface area contributed by atoms with Gasteiger partial charge in [-0.15, -0.1) is 0 Å². The van der Waals surface area contributed by atoms with Crippen LogP contribution >= 0.6 is 0 Å². The van der Waals surface area contributed by atoms with E-state index in [4.69, 9.17) is 9.84 Å². The molecule has 0 aliphatic carbocycles. The van der Waals surface area contributed by atoms with Crippen LogP contribution in [0.4, 0.5) is 0 Å². The van der Waals surface area contributed by atoms with Crippen molar-refractivity contribution in [2.75, 3.05) is 6.61 Å². The third kappa shape index (κ3) is 6.51. The van der Waals surface area contributed by atoms with E-state index in [1.165, 1.54) is 0 Å². The van der Waals surface area contributed by atoms with Gasteiger partial charge in [-0.05, 0) is 25.3 Å². The molecule has 0 fully saturated rings. The molecule has 1 atom stereocenters. The zero-order valence-corrected chi connectivity index (χ0v) is 13.7. The number of carbonyl (C=O) groups is 2. The summed E-state index contributed by atoms with van der Waals surface area (Å²) in [6.07, 6.45) is 3.70. The van der Waals surface area contributed by atoms with Crippen LogP contribution in [0.3, 0.4) is 0 Å². The number of carboxylic acid groups (broad SMARTS) is 1. The summed E-state index contributed by atoms with van der Waals surface area (Å²) in [7, 11) is 0. The second-order valence-electron chi connectivity index (χ2n) is 5.45. The number of esters is 1. The summed E-state index contributed by atoms with van der Waals surface area (Å²) >= 11 is 0. The van der Waals surface area contributed by atoms with Gasteiger partial charge in [-0.3, -0.25) is 0 Å². The normalized spacial score (nSPS) is 12.5. The number of benzene rings is 1. The van der Waals surface area contributed by atoms with Crippen LogP contribution in [0.2, 0.25) is 0 Å². The van der Waals surface area contributed by atoms with E-state index < -0.39 is 5.97 Å². The Bertz CT molecular complexity index is 572. The predicted molar refractivity (Wildman–Crippen MR) is 90.2 cm³/mol. The first-order valence-corrected chi connectivity index (χ1v) is 7.77. The molecule has 0 aliphatic rings. The van der Waals surface area contributed by atoms with E-state index in [9.17, 15) is 9.59 Å². The number of carbonyl (C=O) groups excluding carboxylic acids is 1. The van der Waals surface area contributed by atoms with Gasteiger partial charge in [0.2, 0.25) is 0 Å². The predicted octanol–water partition coefficient (Wildman–Crippen LogP) is 4.09. The standard InChI is InChI=1S/C19H24O4/c1-4-8-14(2)19(22)23-12-11-17(13-15(3)18(20)21)16-9-6-5-7-10-16/h5-7,9-10,13,17H,2,4,8,11-12H2,1,3H3,(H,20,21). The Morgan fingerprint density at radius 2 is 1.96 bits per heavy atom. The molecule has 0 spiro atoms. The molecular formula is C19H24O4. The van der Waals surface area contributed by atoms with Gasteiger partial charge >= 0.3 is 11.9 Å². The monoisotopic (exact) mass is 316 g/mol. The number of carboxylic acids is 1. The molecule has 0 saturated carbocycles. The fourth-order valence-electron chi connectivity index (χ4n) is 2.20. The SMILES string of the molecule is C=C(CCC)C(=O)OCCC(C=C(C)C(=O)O)c1ccccc1.